The fourth-order valence-corrected chi connectivity index (χ4v) is 5.31. The van der Waals surface area contributed by atoms with Crippen molar-refractivity contribution in [3.05, 3.63) is 59.7 Å². The van der Waals surface area contributed by atoms with Crippen LogP contribution in [0.4, 0.5) is 11.4 Å². The highest BCUT2D eigenvalue weighted by atomic mass is 32.2. The molecule has 0 aromatic heterocycles. The molecule has 0 fully saturated rings. The summed E-state index contributed by atoms with van der Waals surface area (Å²) in [5, 5.41) is -0.132. The molecule has 2 aromatic rings. The molecule has 5 heteroatoms. The molecule has 4 rings (SSSR count). The van der Waals surface area contributed by atoms with Gasteiger partial charge in [-0.25, -0.2) is 4.99 Å². The maximum Gasteiger partial charge on any atom is 0.240 e. The summed E-state index contributed by atoms with van der Waals surface area (Å²) in [7, 11) is 0. The van der Waals surface area contributed by atoms with E-state index in [0.29, 0.717) is 0 Å². The van der Waals surface area contributed by atoms with Crippen molar-refractivity contribution >= 4 is 45.2 Å². The first-order valence-electron chi connectivity index (χ1n) is 8.08. The topological polar surface area (TPSA) is 32.7 Å². The Labute approximate surface area is 150 Å². The van der Waals surface area contributed by atoms with Crippen LogP contribution in [-0.2, 0) is 17.0 Å². The predicted molar refractivity (Wildman–Crippen MR) is 104 cm³/mol. The van der Waals surface area contributed by atoms with Crippen molar-refractivity contribution in [3.63, 3.8) is 0 Å². The minimum atomic E-state index is -0.132. The Morgan fingerprint density at radius 3 is 2.79 bits per heavy atom. The molecule has 0 aliphatic carbocycles. The molecule has 0 unspecified atom stereocenters. The van der Waals surface area contributed by atoms with E-state index in [0.717, 1.165) is 34.5 Å². The van der Waals surface area contributed by atoms with Crippen LogP contribution in [0.15, 0.2) is 53.5 Å². The summed E-state index contributed by atoms with van der Waals surface area (Å²) in [6.45, 7) is 2.77. The lowest BCUT2D eigenvalue weighted by Gasteiger charge is -2.22. The molecule has 0 radical (unpaired) electrons. The van der Waals surface area contributed by atoms with Crippen molar-refractivity contribution in [2.24, 2.45) is 4.99 Å². The van der Waals surface area contributed by atoms with Gasteiger partial charge in [-0.2, -0.15) is 0 Å². The molecule has 122 valence electrons. The molecular weight excluding hydrogens is 336 g/mol. The summed E-state index contributed by atoms with van der Waals surface area (Å²) < 4.78 is 0.988. The number of carbonyl (C=O) groups is 1. The Kier molecular flexibility index (Phi) is 4.37. The first-order valence-corrected chi connectivity index (χ1v) is 9.94. The molecule has 3 nitrogen and oxygen atoms in total. The Bertz CT molecular complexity index is 819. The Balaban J connectivity index is 1.48. The molecule has 2 aliphatic rings. The van der Waals surface area contributed by atoms with Gasteiger partial charge in [-0.1, -0.05) is 59.9 Å². The highest BCUT2D eigenvalue weighted by Gasteiger charge is 2.29. The van der Waals surface area contributed by atoms with Crippen molar-refractivity contribution in [3.8, 4) is 0 Å². The van der Waals surface area contributed by atoms with Gasteiger partial charge in [-0.05, 0) is 36.6 Å². The summed E-state index contributed by atoms with van der Waals surface area (Å²) in [6.07, 6.45) is 0.947. The lowest BCUT2D eigenvalue weighted by molar-refractivity contribution is -0.117. The van der Waals surface area contributed by atoms with Gasteiger partial charge in [0.05, 0.1) is 10.9 Å². The second kappa shape index (κ2) is 6.65. The number of hydrogen-bond acceptors (Lipinski definition) is 4. The van der Waals surface area contributed by atoms with Crippen LogP contribution in [0, 0.1) is 0 Å². The monoisotopic (exact) mass is 354 g/mol. The zero-order valence-electron chi connectivity index (χ0n) is 13.4. The van der Waals surface area contributed by atoms with Gasteiger partial charge in [0.1, 0.15) is 4.38 Å². The molecule has 0 bridgehead atoms. The third-order valence-corrected chi connectivity index (χ3v) is 6.62. The third-order valence-electron chi connectivity index (χ3n) is 4.33. The fraction of sp³-hybridized carbons (Fsp3) is 0.263. The van der Waals surface area contributed by atoms with Gasteiger partial charge in [0, 0.05) is 18.0 Å². The molecule has 0 saturated heterocycles. The van der Waals surface area contributed by atoms with E-state index in [4.69, 9.17) is 4.99 Å². The molecule has 0 saturated carbocycles. The van der Waals surface area contributed by atoms with E-state index in [2.05, 4.69) is 12.1 Å². The molecule has 0 spiro atoms. The van der Waals surface area contributed by atoms with Gasteiger partial charge in [0.25, 0.3) is 0 Å². The second-order valence-electron chi connectivity index (χ2n) is 5.92. The van der Waals surface area contributed by atoms with Crippen LogP contribution in [0.1, 0.15) is 18.1 Å². The molecule has 2 aliphatic heterocycles. The van der Waals surface area contributed by atoms with Crippen molar-refractivity contribution in [2.45, 2.75) is 24.3 Å². The van der Waals surface area contributed by atoms with E-state index >= 15 is 0 Å². The number of para-hydroxylation sites is 2. The average molecular weight is 355 g/mol. The van der Waals surface area contributed by atoms with Crippen LogP contribution in [0.3, 0.4) is 0 Å². The van der Waals surface area contributed by atoms with E-state index < -0.39 is 0 Å². The number of nitrogens with zero attached hydrogens (tertiary/aromatic N) is 2. The third kappa shape index (κ3) is 2.98. The van der Waals surface area contributed by atoms with Crippen LogP contribution in [0.25, 0.3) is 0 Å². The lowest BCUT2D eigenvalue weighted by Crippen LogP contribution is -2.35. The Morgan fingerprint density at radius 1 is 1.17 bits per heavy atom. The number of fused-ring (bicyclic) bond motifs is 2. The molecule has 2 heterocycles. The predicted octanol–water partition coefficient (Wildman–Crippen LogP) is 4.63. The summed E-state index contributed by atoms with van der Waals surface area (Å²) in [4.78, 5) is 19.5. The van der Waals surface area contributed by atoms with Gasteiger partial charge in [0.15, 0.2) is 0 Å². The normalized spacial score (nSPS) is 17.0. The largest absolute Gasteiger partial charge is 0.311 e. The number of benzene rings is 2. The molecular formula is C19H18N2OS2. The first-order chi connectivity index (χ1) is 11.7. The van der Waals surface area contributed by atoms with E-state index in [1.54, 1.807) is 23.5 Å². The zero-order valence-corrected chi connectivity index (χ0v) is 15.1. The standard InChI is InChI=1S/C19H18N2OS2/c1-13(18(22)21-11-10-14-6-3-5-9-17(14)21)24-19-20-16-8-4-2-7-15(16)12-23-19/h2-9,13H,10-12H2,1H3/t13-/m1/s1. The SMILES string of the molecule is C[C@@H](SC1=Nc2ccccc2CS1)C(=O)N1CCc2ccccc21. The van der Waals surface area contributed by atoms with E-state index in [1.807, 2.05) is 48.2 Å². The summed E-state index contributed by atoms with van der Waals surface area (Å²) in [5.74, 6) is 1.10. The minimum Gasteiger partial charge on any atom is -0.311 e. The Hall–Kier alpha value is -1.72. The number of anilines is 1. The van der Waals surface area contributed by atoms with Crippen LogP contribution in [-0.4, -0.2) is 22.1 Å². The van der Waals surface area contributed by atoms with Gasteiger partial charge in [0.2, 0.25) is 5.91 Å². The fourth-order valence-electron chi connectivity index (χ4n) is 3.06. The smallest absolute Gasteiger partial charge is 0.240 e. The first kappa shape index (κ1) is 15.8. The summed E-state index contributed by atoms with van der Waals surface area (Å²) >= 11 is 3.30. The summed E-state index contributed by atoms with van der Waals surface area (Å²) in [5.41, 5.74) is 4.63. The number of rotatable bonds is 2. The highest BCUT2D eigenvalue weighted by molar-refractivity contribution is 8.39. The quantitative estimate of drug-likeness (QED) is 0.788. The maximum absolute atomic E-state index is 12.9. The molecule has 2 aromatic carbocycles. The van der Waals surface area contributed by atoms with Gasteiger partial charge in [-0.15, -0.1) is 0 Å². The van der Waals surface area contributed by atoms with Gasteiger partial charge < -0.3 is 4.90 Å². The second-order valence-corrected chi connectivity index (χ2v) is 8.48. The maximum atomic E-state index is 12.9. The lowest BCUT2D eigenvalue weighted by atomic mass is 10.2. The molecule has 1 atom stereocenters. The summed E-state index contributed by atoms with van der Waals surface area (Å²) in [6, 6.07) is 16.4. The number of aliphatic imine (C=N–C) groups is 1. The minimum absolute atomic E-state index is 0.132. The number of carbonyl (C=O) groups excluding carboxylic acids is 1. The average Bonchev–Trinajstić information content (AvgIpc) is 3.05. The Morgan fingerprint density at radius 2 is 1.92 bits per heavy atom. The zero-order chi connectivity index (χ0) is 16.5. The van der Waals surface area contributed by atoms with Crippen LogP contribution >= 0.6 is 23.5 Å². The van der Waals surface area contributed by atoms with Crippen molar-refractivity contribution in [1.82, 2.24) is 0 Å². The number of amides is 1. The van der Waals surface area contributed by atoms with E-state index in [1.165, 1.54) is 11.1 Å². The van der Waals surface area contributed by atoms with Gasteiger partial charge >= 0.3 is 0 Å². The molecule has 1 amide bonds. The van der Waals surface area contributed by atoms with Crippen LogP contribution < -0.4 is 4.90 Å². The van der Waals surface area contributed by atoms with Crippen molar-refractivity contribution in [1.29, 1.82) is 0 Å². The number of hydrogen-bond donors (Lipinski definition) is 0. The molecule has 0 N–H and O–H groups in total. The van der Waals surface area contributed by atoms with Crippen LogP contribution in [0.5, 0.6) is 0 Å². The van der Waals surface area contributed by atoms with Crippen LogP contribution in [0.2, 0.25) is 0 Å². The highest BCUT2D eigenvalue weighted by Crippen LogP contribution is 2.37. The van der Waals surface area contributed by atoms with E-state index in [9.17, 15) is 4.79 Å². The van der Waals surface area contributed by atoms with Gasteiger partial charge in [-0.3, -0.25) is 4.79 Å². The van der Waals surface area contributed by atoms with Crippen molar-refractivity contribution < 1.29 is 4.79 Å². The van der Waals surface area contributed by atoms with Crippen molar-refractivity contribution in [2.75, 3.05) is 11.4 Å². The molecule has 24 heavy (non-hydrogen) atoms. The number of thioether (sulfide) groups is 2. The van der Waals surface area contributed by atoms with E-state index in [-0.39, 0.29) is 11.2 Å².